The van der Waals surface area contributed by atoms with Gasteiger partial charge in [-0.3, -0.25) is 0 Å². The van der Waals surface area contributed by atoms with Gasteiger partial charge in [0.15, 0.2) is 5.06 Å². The fourth-order valence-corrected chi connectivity index (χ4v) is 5.23. The van der Waals surface area contributed by atoms with Crippen LogP contribution in [0.25, 0.3) is 0 Å². The third-order valence-electron chi connectivity index (χ3n) is 4.41. The summed E-state index contributed by atoms with van der Waals surface area (Å²) in [6.45, 7) is 5.12. The van der Waals surface area contributed by atoms with Crippen LogP contribution in [0.2, 0.25) is 0 Å². The van der Waals surface area contributed by atoms with Gasteiger partial charge in [-0.15, -0.1) is 0 Å². The van der Waals surface area contributed by atoms with E-state index in [1.54, 1.807) is 12.1 Å². The SMILES string of the molecule is CN(C)CCCNS(=O)(=O)c1ccc(Oc2cccc(N3CCNCC3)c2)s1. The molecule has 0 atom stereocenters. The Hall–Kier alpha value is -1.65. The van der Waals surface area contributed by atoms with Crippen molar-refractivity contribution in [3.63, 3.8) is 0 Å². The van der Waals surface area contributed by atoms with E-state index in [2.05, 4.69) is 21.0 Å². The molecule has 154 valence electrons. The highest BCUT2D eigenvalue weighted by Crippen LogP contribution is 2.33. The van der Waals surface area contributed by atoms with E-state index in [-0.39, 0.29) is 4.21 Å². The smallest absolute Gasteiger partial charge is 0.250 e. The van der Waals surface area contributed by atoms with Gasteiger partial charge < -0.3 is 19.9 Å². The van der Waals surface area contributed by atoms with Gasteiger partial charge in [-0.05, 0) is 51.3 Å². The zero-order valence-corrected chi connectivity index (χ0v) is 18.0. The molecule has 3 rings (SSSR count). The number of hydrogen-bond acceptors (Lipinski definition) is 7. The number of hydrogen-bond donors (Lipinski definition) is 2. The Morgan fingerprint density at radius 2 is 2.00 bits per heavy atom. The largest absolute Gasteiger partial charge is 0.447 e. The average molecular weight is 425 g/mol. The number of thiophene rings is 1. The van der Waals surface area contributed by atoms with Crippen molar-refractivity contribution >= 4 is 27.0 Å². The highest BCUT2D eigenvalue weighted by Gasteiger charge is 2.17. The molecule has 0 spiro atoms. The van der Waals surface area contributed by atoms with Crippen molar-refractivity contribution < 1.29 is 13.2 Å². The van der Waals surface area contributed by atoms with Crippen LogP contribution in [0.5, 0.6) is 10.8 Å². The van der Waals surface area contributed by atoms with Crippen LogP contribution in [0.4, 0.5) is 5.69 Å². The van der Waals surface area contributed by atoms with E-state index in [1.807, 2.05) is 37.2 Å². The van der Waals surface area contributed by atoms with Gasteiger partial charge in [0.1, 0.15) is 9.96 Å². The van der Waals surface area contributed by atoms with E-state index in [4.69, 9.17) is 4.74 Å². The van der Waals surface area contributed by atoms with Crippen LogP contribution in [-0.2, 0) is 10.0 Å². The predicted octanol–water partition coefficient (Wildman–Crippen LogP) is 2.18. The molecule has 2 N–H and O–H groups in total. The summed E-state index contributed by atoms with van der Waals surface area (Å²) < 4.78 is 33.7. The summed E-state index contributed by atoms with van der Waals surface area (Å²) in [5.74, 6) is 0.709. The quantitative estimate of drug-likeness (QED) is 0.601. The normalized spacial score (nSPS) is 15.2. The molecule has 2 heterocycles. The van der Waals surface area contributed by atoms with Crippen LogP contribution in [0, 0.1) is 0 Å². The molecule has 0 aliphatic carbocycles. The molecule has 1 aliphatic rings. The number of sulfonamides is 1. The number of piperazine rings is 1. The Bertz CT molecular complexity index is 862. The fraction of sp³-hybridized carbons (Fsp3) is 0.474. The number of benzene rings is 1. The van der Waals surface area contributed by atoms with E-state index in [0.29, 0.717) is 17.4 Å². The number of nitrogens with one attached hydrogen (secondary N) is 2. The zero-order valence-electron chi connectivity index (χ0n) is 16.3. The highest BCUT2D eigenvalue weighted by molar-refractivity contribution is 7.91. The summed E-state index contributed by atoms with van der Waals surface area (Å²) in [6, 6.07) is 11.2. The first-order valence-corrected chi connectivity index (χ1v) is 11.7. The predicted molar refractivity (Wildman–Crippen MR) is 114 cm³/mol. The summed E-state index contributed by atoms with van der Waals surface area (Å²) in [5, 5.41) is 3.90. The lowest BCUT2D eigenvalue weighted by Gasteiger charge is -2.29. The van der Waals surface area contributed by atoms with Crippen molar-refractivity contribution in [2.45, 2.75) is 10.6 Å². The Labute approximate surface area is 171 Å². The van der Waals surface area contributed by atoms with Gasteiger partial charge >= 0.3 is 0 Å². The van der Waals surface area contributed by atoms with E-state index in [9.17, 15) is 8.42 Å². The Balaban J connectivity index is 1.61. The fourth-order valence-electron chi connectivity index (χ4n) is 2.96. The first kappa shape index (κ1) is 21.1. The highest BCUT2D eigenvalue weighted by atomic mass is 32.2. The van der Waals surface area contributed by atoms with Gasteiger partial charge in [-0.25, -0.2) is 13.1 Å². The molecule has 0 amide bonds. The molecule has 1 aromatic carbocycles. The molecule has 0 bridgehead atoms. The lowest BCUT2D eigenvalue weighted by molar-refractivity contribution is 0.400. The van der Waals surface area contributed by atoms with Crippen LogP contribution in [0.15, 0.2) is 40.6 Å². The molecule has 9 heteroatoms. The van der Waals surface area contributed by atoms with E-state index in [1.165, 1.54) is 0 Å². The van der Waals surface area contributed by atoms with Crippen LogP contribution in [0.1, 0.15) is 6.42 Å². The monoisotopic (exact) mass is 424 g/mol. The Morgan fingerprint density at radius 3 is 2.75 bits per heavy atom. The third kappa shape index (κ3) is 5.92. The van der Waals surface area contributed by atoms with Gasteiger partial charge in [0, 0.05) is 44.5 Å². The maximum atomic E-state index is 12.4. The molecule has 0 radical (unpaired) electrons. The van der Waals surface area contributed by atoms with Crippen LogP contribution >= 0.6 is 11.3 Å². The van der Waals surface area contributed by atoms with Crippen molar-refractivity contribution in [2.75, 3.05) is 58.3 Å². The second-order valence-corrected chi connectivity index (χ2v) is 10.0. The minimum absolute atomic E-state index is 0.269. The minimum Gasteiger partial charge on any atom is -0.447 e. The second kappa shape index (κ2) is 9.71. The Morgan fingerprint density at radius 1 is 1.21 bits per heavy atom. The molecule has 2 aromatic rings. The van der Waals surface area contributed by atoms with Gasteiger partial charge in [0.25, 0.3) is 0 Å². The summed E-state index contributed by atoms with van der Waals surface area (Å²) in [4.78, 5) is 4.34. The van der Waals surface area contributed by atoms with Crippen molar-refractivity contribution in [3.05, 3.63) is 36.4 Å². The zero-order chi connectivity index (χ0) is 20.0. The summed E-state index contributed by atoms with van der Waals surface area (Å²) in [7, 11) is 0.433. The molecule has 0 unspecified atom stereocenters. The van der Waals surface area contributed by atoms with Gasteiger partial charge in [-0.1, -0.05) is 17.4 Å². The van der Waals surface area contributed by atoms with E-state index in [0.717, 1.165) is 56.2 Å². The van der Waals surface area contributed by atoms with Gasteiger partial charge in [0.2, 0.25) is 10.0 Å². The van der Waals surface area contributed by atoms with E-state index < -0.39 is 10.0 Å². The summed E-state index contributed by atoms with van der Waals surface area (Å²) >= 11 is 1.13. The van der Waals surface area contributed by atoms with Gasteiger partial charge in [0.05, 0.1) is 0 Å². The minimum atomic E-state index is -3.50. The van der Waals surface area contributed by atoms with Crippen molar-refractivity contribution in [1.82, 2.24) is 14.9 Å². The lowest BCUT2D eigenvalue weighted by Crippen LogP contribution is -2.43. The van der Waals surface area contributed by atoms with Crippen molar-refractivity contribution in [3.8, 4) is 10.8 Å². The average Bonchev–Trinajstić information content (AvgIpc) is 3.16. The number of rotatable bonds is 9. The summed E-state index contributed by atoms with van der Waals surface area (Å²) in [6.07, 6.45) is 0.764. The standard InChI is InChI=1S/C19H28N4O3S2/c1-22(2)12-4-9-21-28(24,25)19-8-7-18(27-19)26-17-6-3-5-16(15-17)23-13-10-20-11-14-23/h3,5-8,15,20-21H,4,9-14H2,1-2H3. The number of nitrogens with zero attached hydrogens (tertiary/aromatic N) is 2. The molecular weight excluding hydrogens is 396 g/mol. The molecule has 1 aromatic heterocycles. The lowest BCUT2D eigenvalue weighted by atomic mass is 10.2. The molecule has 1 saturated heterocycles. The molecule has 1 fully saturated rings. The molecule has 28 heavy (non-hydrogen) atoms. The molecule has 1 aliphatic heterocycles. The second-order valence-electron chi connectivity index (χ2n) is 6.96. The Kier molecular flexibility index (Phi) is 7.30. The maximum Gasteiger partial charge on any atom is 0.250 e. The first-order chi connectivity index (χ1) is 13.4. The number of anilines is 1. The van der Waals surface area contributed by atoms with E-state index >= 15 is 0 Å². The maximum absolute atomic E-state index is 12.4. The number of ether oxygens (including phenoxy) is 1. The van der Waals surface area contributed by atoms with Gasteiger partial charge in [-0.2, -0.15) is 0 Å². The summed E-state index contributed by atoms with van der Waals surface area (Å²) in [5.41, 5.74) is 1.12. The van der Waals surface area contributed by atoms with Crippen LogP contribution in [-0.4, -0.2) is 66.7 Å². The topological polar surface area (TPSA) is 73.9 Å². The first-order valence-electron chi connectivity index (χ1n) is 9.42. The van der Waals surface area contributed by atoms with Crippen molar-refractivity contribution in [1.29, 1.82) is 0 Å². The molecular formula is C19H28N4O3S2. The van der Waals surface area contributed by atoms with Crippen LogP contribution in [0.3, 0.4) is 0 Å². The molecule has 7 nitrogen and oxygen atoms in total. The molecule has 0 saturated carbocycles. The van der Waals surface area contributed by atoms with Crippen molar-refractivity contribution in [2.24, 2.45) is 0 Å². The third-order valence-corrected chi connectivity index (χ3v) is 7.33. The van der Waals surface area contributed by atoms with Crippen LogP contribution < -0.4 is 19.7 Å².